The Balaban J connectivity index is 1.83. The van der Waals surface area contributed by atoms with Crippen molar-refractivity contribution < 1.29 is 9.84 Å². The van der Waals surface area contributed by atoms with E-state index >= 15 is 0 Å². The Morgan fingerprint density at radius 2 is 1.91 bits per heavy atom. The van der Waals surface area contributed by atoms with Crippen molar-refractivity contribution in [2.45, 2.75) is 6.54 Å². The molecular weight excluding hydrogens is 448 g/mol. The molecule has 170 valence electrons. The summed E-state index contributed by atoms with van der Waals surface area (Å²) in [5.41, 5.74) is 3.43. The Kier molecular flexibility index (Phi) is 5.93. The van der Waals surface area contributed by atoms with Crippen molar-refractivity contribution in [2.24, 2.45) is 19.2 Å². The van der Waals surface area contributed by atoms with Crippen LogP contribution in [0.1, 0.15) is 11.1 Å². The molecule has 0 aliphatic heterocycles. The number of ether oxygens (including phenoxy) is 1. The van der Waals surface area contributed by atoms with Crippen LogP contribution in [-0.2, 0) is 20.6 Å². The lowest BCUT2D eigenvalue weighted by atomic mass is 10.2. The van der Waals surface area contributed by atoms with E-state index in [9.17, 15) is 14.7 Å². The van der Waals surface area contributed by atoms with Crippen LogP contribution in [0.4, 0.5) is 5.95 Å². The van der Waals surface area contributed by atoms with Gasteiger partial charge in [0, 0.05) is 24.7 Å². The minimum atomic E-state index is -0.494. The second-order valence-corrected chi connectivity index (χ2v) is 7.67. The molecule has 0 amide bonds. The summed E-state index contributed by atoms with van der Waals surface area (Å²) >= 11 is 6.34. The van der Waals surface area contributed by atoms with Crippen LogP contribution in [-0.4, -0.2) is 37.1 Å². The molecule has 0 fully saturated rings. The van der Waals surface area contributed by atoms with E-state index < -0.39 is 11.2 Å². The normalized spacial score (nSPS) is 11.4. The Morgan fingerprint density at radius 3 is 2.64 bits per heavy atom. The summed E-state index contributed by atoms with van der Waals surface area (Å²) in [6, 6.07) is 12.2. The summed E-state index contributed by atoms with van der Waals surface area (Å²) in [6.45, 7) is 0.214. The van der Waals surface area contributed by atoms with Gasteiger partial charge in [0.2, 0.25) is 5.95 Å². The van der Waals surface area contributed by atoms with Crippen LogP contribution in [0.15, 0.2) is 57.2 Å². The van der Waals surface area contributed by atoms with E-state index in [4.69, 9.17) is 16.3 Å². The predicted octanol–water partition coefficient (Wildman–Crippen LogP) is 2.30. The zero-order valence-electron chi connectivity index (χ0n) is 18.1. The Morgan fingerprint density at radius 1 is 1.15 bits per heavy atom. The first-order valence-electron chi connectivity index (χ1n) is 9.88. The minimum absolute atomic E-state index is 0.0635. The van der Waals surface area contributed by atoms with E-state index in [0.29, 0.717) is 16.3 Å². The number of hydrazone groups is 1. The third kappa shape index (κ3) is 3.96. The van der Waals surface area contributed by atoms with Crippen LogP contribution >= 0.6 is 11.6 Å². The highest BCUT2D eigenvalue weighted by molar-refractivity contribution is 6.31. The number of methoxy groups -OCH3 is 1. The fourth-order valence-corrected chi connectivity index (χ4v) is 3.65. The molecule has 0 saturated heterocycles. The molecule has 0 aliphatic carbocycles. The van der Waals surface area contributed by atoms with E-state index in [1.54, 1.807) is 28.8 Å². The van der Waals surface area contributed by atoms with E-state index in [1.807, 2.05) is 18.2 Å². The maximum Gasteiger partial charge on any atom is 0.332 e. The maximum absolute atomic E-state index is 13.0. The minimum Gasteiger partial charge on any atom is -0.504 e. The van der Waals surface area contributed by atoms with Gasteiger partial charge in [0.1, 0.15) is 0 Å². The number of para-hydroxylation sites is 1. The average molecular weight is 469 g/mol. The van der Waals surface area contributed by atoms with Crippen molar-refractivity contribution in [3.8, 4) is 11.5 Å². The van der Waals surface area contributed by atoms with Gasteiger partial charge in [-0.25, -0.2) is 10.2 Å². The number of phenolic OH excluding ortho intramolecular Hbond substituents is 1. The molecule has 0 saturated carbocycles. The predicted molar refractivity (Wildman–Crippen MR) is 127 cm³/mol. The van der Waals surface area contributed by atoms with Crippen molar-refractivity contribution in [2.75, 3.05) is 12.5 Å². The van der Waals surface area contributed by atoms with E-state index in [0.717, 1.165) is 10.1 Å². The highest BCUT2D eigenvalue weighted by atomic mass is 35.5. The van der Waals surface area contributed by atoms with Crippen molar-refractivity contribution in [1.82, 2.24) is 18.7 Å². The number of aromatic nitrogens is 4. The molecule has 2 aromatic carbocycles. The fraction of sp³-hybridized carbons (Fsp3) is 0.182. The number of benzene rings is 2. The molecule has 0 unspecified atom stereocenters. The summed E-state index contributed by atoms with van der Waals surface area (Å²) in [4.78, 5) is 29.8. The molecule has 2 N–H and O–H groups in total. The number of fused-ring (bicyclic) bond motifs is 1. The van der Waals surface area contributed by atoms with Gasteiger partial charge < -0.3 is 9.84 Å². The number of anilines is 1. The third-order valence-electron chi connectivity index (χ3n) is 5.25. The Hall–Kier alpha value is -4.05. The van der Waals surface area contributed by atoms with Gasteiger partial charge in [0.25, 0.3) is 5.56 Å². The topological polar surface area (TPSA) is 116 Å². The second-order valence-electron chi connectivity index (χ2n) is 7.26. The van der Waals surface area contributed by atoms with Crippen molar-refractivity contribution in [1.29, 1.82) is 0 Å². The van der Waals surface area contributed by atoms with Crippen LogP contribution in [0, 0.1) is 0 Å². The van der Waals surface area contributed by atoms with Gasteiger partial charge in [-0.1, -0.05) is 35.9 Å². The molecule has 2 heterocycles. The number of imidazole rings is 1. The number of rotatable bonds is 6. The number of nitrogens with one attached hydrogen (secondary N) is 1. The number of aromatic hydroxyl groups is 1. The molecule has 0 bridgehead atoms. The molecular formula is C22H21ClN6O4. The number of hydrogen-bond donors (Lipinski definition) is 2. The highest BCUT2D eigenvalue weighted by Gasteiger charge is 2.20. The molecule has 4 rings (SSSR count). The quantitative estimate of drug-likeness (QED) is 0.331. The summed E-state index contributed by atoms with van der Waals surface area (Å²) < 4.78 is 9.03. The van der Waals surface area contributed by atoms with E-state index in [2.05, 4.69) is 15.5 Å². The molecule has 2 aromatic heterocycles. The molecule has 33 heavy (non-hydrogen) atoms. The van der Waals surface area contributed by atoms with Crippen molar-refractivity contribution >= 4 is 34.9 Å². The second kappa shape index (κ2) is 8.83. The zero-order valence-corrected chi connectivity index (χ0v) is 18.9. The summed E-state index contributed by atoms with van der Waals surface area (Å²) in [7, 11) is 4.40. The Bertz CT molecular complexity index is 1500. The first-order chi connectivity index (χ1) is 15.8. The first-order valence-corrected chi connectivity index (χ1v) is 10.3. The first kappa shape index (κ1) is 22.2. The van der Waals surface area contributed by atoms with Gasteiger partial charge in [-0.05, 0) is 23.8 Å². The molecule has 0 atom stereocenters. The lowest BCUT2D eigenvalue weighted by molar-refractivity contribution is 0.373. The van der Waals surface area contributed by atoms with Crippen LogP contribution in [0.3, 0.4) is 0 Å². The fourth-order valence-electron chi connectivity index (χ4n) is 3.45. The SMILES string of the molecule is COc1cccc(/C=N/Nc2nc3c(c(=O)n(C)c(=O)n3C)n2Cc2ccccc2Cl)c1O. The summed E-state index contributed by atoms with van der Waals surface area (Å²) in [5, 5.41) is 14.9. The number of hydrogen-bond acceptors (Lipinski definition) is 7. The smallest absolute Gasteiger partial charge is 0.332 e. The average Bonchev–Trinajstić information content (AvgIpc) is 3.17. The van der Waals surface area contributed by atoms with E-state index in [-0.39, 0.29) is 29.4 Å². The van der Waals surface area contributed by atoms with Gasteiger partial charge in [-0.3, -0.25) is 18.5 Å². The largest absolute Gasteiger partial charge is 0.504 e. The van der Waals surface area contributed by atoms with Crippen LogP contribution in [0.5, 0.6) is 11.5 Å². The van der Waals surface area contributed by atoms with Gasteiger partial charge in [-0.15, -0.1) is 0 Å². The molecule has 0 spiro atoms. The van der Waals surface area contributed by atoms with Crippen LogP contribution < -0.4 is 21.4 Å². The van der Waals surface area contributed by atoms with Gasteiger partial charge in [-0.2, -0.15) is 10.1 Å². The number of aryl methyl sites for hydroxylation is 1. The standard InChI is InChI=1S/C22H21ClN6O4/c1-27-19-17(20(31)28(2)22(27)32)29(12-14-7-4-5-9-15(14)23)21(25-19)26-24-11-13-8-6-10-16(33-3)18(13)30/h4-11,30H,12H2,1-3H3,(H,25,26)/b24-11+. The summed E-state index contributed by atoms with van der Waals surface area (Å²) in [6.07, 6.45) is 1.40. The number of halogens is 1. The van der Waals surface area contributed by atoms with Crippen molar-refractivity contribution in [3.05, 3.63) is 79.5 Å². The van der Waals surface area contributed by atoms with E-state index in [1.165, 1.54) is 32.0 Å². The van der Waals surface area contributed by atoms with Crippen molar-refractivity contribution in [3.63, 3.8) is 0 Å². The number of phenols is 1. The number of nitrogens with zero attached hydrogens (tertiary/aromatic N) is 5. The molecule has 0 radical (unpaired) electrons. The third-order valence-corrected chi connectivity index (χ3v) is 5.62. The van der Waals surface area contributed by atoms with Gasteiger partial charge in [0.05, 0.1) is 19.9 Å². The van der Waals surface area contributed by atoms with Gasteiger partial charge >= 0.3 is 5.69 Å². The Labute approximate surface area is 192 Å². The maximum atomic E-state index is 13.0. The molecule has 4 aromatic rings. The molecule has 0 aliphatic rings. The van der Waals surface area contributed by atoms with Crippen LogP contribution in [0.2, 0.25) is 5.02 Å². The van der Waals surface area contributed by atoms with Crippen LogP contribution in [0.25, 0.3) is 11.2 Å². The molecule has 10 nitrogen and oxygen atoms in total. The van der Waals surface area contributed by atoms with Gasteiger partial charge in [0.15, 0.2) is 22.7 Å². The summed E-state index contributed by atoms with van der Waals surface area (Å²) in [5.74, 6) is 0.469. The highest BCUT2D eigenvalue weighted by Crippen LogP contribution is 2.28. The monoisotopic (exact) mass is 468 g/mol. The molecule has 11 heteroatoms. The lowest BCUT2D eigenvalue weighted by Gasteiger charge is -2.10. The zero-order chi connectivity index (χ0) is 23.7. The lowest BCUT2D eigenvalue weighted by Crippen LogP contribution is -2.37.